The Morgan fingerprint density at radius 3 is 2.67 bits per heavy atom. The van der Waals surface area contributed by atoms with E-state index in [9.17, 15) is 4.79 Å². The average molecular weight is 215 g/mol. The van der Waals surface area contributed by atoms with Crippen molar-refractivity contribution in [3.63, 3.8) is 0 Å². The van der Waals surface area contributed by atoms with Gasteiger partial charge in [-0.2, -0.15) is 0 Å². The molecule has 3 atom stereocenters. The largest absolute Gasteiger partial charge is 0.528 e. The number of nitrogens with zero attached hydrogens (tertiary/aromatic N) is 1. The van der Waals surface area contributed by atoms with Crippen LogP contribution >= 0.6 is 0 Å². The molecule has 2 bridgehead atoms. The summed E-state index contributed by atoms with van der Waals surface area (Å²) in [5.74, 6) is 0. The molecule has 6 nitrogen and oxygen atoms in total. The van der Waals surface area contributed by atoms with Gasteiger partial charge in [-0.25, -0.2) is 4.79 Å². The molecule has 84 valence electrons. The van der Waals surface area contributed by atoms with Gasteiger partial charge in [-0.15, -0.1) is 0 Å². The van der Waals surface area contributed by atoms with Crippen molar-refractivity contribution in [2.75, 3.05) is 13.2 Å². The van der Waals surface area contributed by atoms with E-state index in [0.29, 0.717) is 13.2 Å². The van der Waals surface area contributed by atoms with Gasteiger partial charge in [0.15, 0.2) is 0 Å². The van der Waals surface area contributed by atoms with Crippen molar-refractivity contribution < 1.29 is 23.8 Å². The minimum atomic E-state index is -0.647. The molecule has 0 spiro atoms. The van der Waals surface area contributed by atoms with E-state index in [4.69, 9.17) is 19.0 Å². The zero-order valence-electron chi connectivity index (χ0n) is 8.26. The zero-order valence-corrected chi connectivity index (χ0v) is 8.26. The molecule has 4 aliphatic rings. The first-order valence-electron chi connectivity index (χ1n) is 5.23. The summed E-state index contributed by atoms with van der Waals surface area (Å²) in [6, 6.07) is 0. The fraction of sp³-hybridized carbons (Fsp3) is 0.889. The van der Waals surface area contributed by atoms with E-state index in [1.165, 1.54) is 0 Å². The van der Waals surface area contributed by atoms with Crippen molar-refractivity contribution in [1.82, 2.24) is 5.06 Å². The van der Waals surface area contributed by atoms with Crippen LogP contribution in [0, 0.1) is 0 Å². The minimum Gasteiger partial charge on any atom is -0.427 e. The highest BCUT2D eigenvalue weighted by atomic mass is 16.9. The van der Waals surface area contributed by atoms with Gasteiger partial charge in [-0.1, -0.05) is 5.06 Å². The summed E-state index contributed by atoms with van der Waals surface area (Å²) in [4.78, 5) is 16.4. The Kier molecular flexibility index (Phi) is 2.27. The van der Waals surface area contributed by atoms with Crippen molar-refractivity contribution >= 4 is 6.16 Å². The molecule has 0 aromatic heterocycles. The summed E-state index contributed by atoms with van der Waals surface area (Å²) in [5, 5.41) is 1.57. The van der Waals surface area contributed by atoms with Gasteiger partial charge in [0.2, 0.25) is 0 Å². The molecule has 4 fully saturated rings. The van der Waals surface area contributed by atoms with Gasteiger partial charge >= 0.3 is 6.16 Å². The Morgan fingerprint density at radius 1 is 1.27 bits per heavy atom. The van der Waals surface area contributed by atoms with Crippen LogP contribution in [0.15, 0.2) is 0 Å². The molecule has 4 rings (SSSR count). The Morgan fingerprint density at radius 2 is 2.07 bits per heavy atom. The highest BCUT2D eigenvalue weighted by Crippen LogP contribution is 2.37. The fourth-order valence-corrected chi connectivity index (χ4v) is 2.07. The Balaban J connectivity index is 1.45. The van der Waals surface area contributed by atoms with Gasteiger partial charge in [-0.3, -0.25) is 0 Å². The summed E-state index contributed by atoms with van der Waals surface area (Å²) in [6.45, 7) is 1.12. The second kappa shape index (κ2) is 3.62. The van der Waals surface area contributed by atoms with E-state index in [0.717, 1.165) is 19.3 Å². The molecule has 0 saturated carbocycles. The first-order chi connectivity index (χ1) is 7.33. The summed E-state index contributed by atoms with van der Waals surface area (Å²) < 4.78 is 15.4. The summed E-state index contributed by atoms with van der Waals surface area (Å²) in [7, 11) is 0. The number of hydrogen-bond donors (Lipinski definition) is 0. The number of carbonyl (C=O) groups excluding carboxylic acids is 1. The minimum absolute atomic E-state index is 0.0534. The van der Waals surface area contributed by atoms with E-state index in [1.807, 2.05) is 0 Å². The van der Waals surface area contributed by atoms with Crippen LogP contribution in [0.4, 0.5) is 4.79 Å². The monoisotopic (exact) mass is 215 g/mol. The molecule has 15 heavy (non-hydrogen) atoms. The molecule has 2 unspecified atom stereocenters. The highest BCUT2D eigenvalue weighted by molar-refractivity contribution is 5.59. The lowest BCUT2D eigenvalue weighted by atomic mass is 10.3. The van der Waals surface area contributed by atoms with Gasteiger partial charge in [0.05, 0.1) is 13.2 Å². The second-order valence-electron chi connectivity index (χ2n) is 3.93. The van der Waals surface area contributed by atoms with Gasteiger partial charge in [0, 0.05) is 6.42 Å². The average Bonchev–Trinajstić information content (AvgIpc) is 2.89. The van der Waals surface area contributed by atoms with Crippen LogP contribution in [0.25, 0.3) is 0 Å². The lowest BCUT2D eigenvalue weighted by molar-refractivity contribution is -0.367. The molecule has 0 aromatic carbocycles. The third-order valence-electron chi connectivity index (χ3n) is 2.87. The molecule has 6 heteroatoms. The maximum Gasteiger partial charge on any atom is 0.528 e. The number of hydroxylamine groups is 2. The maximum absolute atomic E-state index is 11.3. The van der Waals surface area contributed by atoms with Crippen LogP contribution in [-0.4, -0.2) is 43.0 Å². The number of rotatable bonds is 2. The zero-order chi connectivity index (χ0) is 10.3. The lowest BCUT2D eigenvalue weighted by Crippen LogP contribution is -2.52. The third kappa shape index (κ3) is 1.68. The van der Waals surface area contributed by atoms with Crippen LogP contribution in [0.1, 0.15) is 19.3 Å². The van der Waals surface area contributed by atoms with Crippen LogP contribution in [0.3, 0.4) is 0 Å². The topological polar surface area (TPSA) is 57.2 Å². The molecule has 4 heterocycles. The molecular weight excluding hydrogens is 202 g/mol. The molecular formula is C9H13NO5. The molecule has 0 radical (unpaired) electrons. The van der Waals surface area contributed by atoms with Crippen LogP contribution in [-0.2, 0) is 19.0 Å². The van der Waals surface area contributed by atoms with Crippen molar-refractivity contribution in [1.29, 1.82) is 0 Å². The molecule has 4 saturated heterocycles. The predicted molar refractivity (Wildman–Crippen MR) is 46.5 cm³/mol. The fourth-order valence-electron chi connectivity index (χ4n) is 2.07. The van der Waals surface area contributed by atoms with Crippen molar-refractivity contribution in [2.24, 2.45) is 0 Å². The number of hydrogen-bond acceptors (Lipinski definition) is 6. The van der Waals surface area contributed by atoms with E-state index < -0.39 is 6.16 Å². The SMILES string of the molecule is O=C(O[C@H]1CCOC1)ON1C2CCC1O2. The first kappa shape index (κ1) is 9.38. The van der Waals surface area contributed by atoms with Gasteiger partial charge in [-0.05, 0) is 12.8 Å². The van der Waals surface area contributed by atoms with Crippen molar-refractivity contribution in [2.45, 2.75) is 37.8 Å². The van der Waals surface area contributed by atoms with E-state index in [2.05, 4.69) is 0 Å². The molecule has 0 amide bonds. The summed E-state index contributed by atoms with van der Waals surface area (Å²) in [6.07, 6.45) is 1.68. The Labute approximate surface area is 87.0 Å². The quantitative estimate of drug-likeness (QED) is 0.629. The van der Waals surface area contributed by atoms with Crippen LogP contribution < -0.4 is 0 Å². The Hall–Kier alpha value is -0.850. The van der Waals surface area contributed by atoms with Gasteiger partial charge in [0.1, 0.15) is 18.6 Å². The molecule has 0 N–H and O–H groups in total. The first-order valence-corrected chi connectivity index (χ1v) is 5.23. The summed E-state index contributed by atoms with van der Waals surface area (Å²) in [5.41, 5.74) is 0. The Bertz CT molecular complexity index is 251. The lowest BCUT2D eigenvalue weighted by Gasteiger charge is -2.37. The normalized spacial score (nSPS) is 38.8. The number of fused-ring (bicyclic) bond motifs is 1. The van der Waals surface area contributed by atoms with Crippen LogP contribution in [0.2, 0.25) is 0 Å². The maximum atomic E-state index is 11.3. The highest BCUT2D eigenvalue weighted by Gasteiger charge is 2.49. The summed E-state index contributed by atoms with van der Waals surface area (Å²) >= 11 is 0. The molecule has 0 aliphatic carbocycles. The van der Waals surface area contributed by atoms with Crippen LogP contribution in [0.5, 0.6) is 0 Å². The van der Waals surface area contributed by atoms with E-state index >= 15 is 0 Å². The predicted octanol–water partition coefficient (Wildman–Crippen LogP) is 0.622. The number of ether oxygens (including phenoxy) is 3. The van der Waals surface area contributed by atoms with Gasteiger partial charge < -0.3 is 19.0 Å². The third-order valence-corrected chi connectivity index (χ3v) is 2.87. The van der Waals surface area contributed by atoms with E-state index in [1.54, 1.807) is 5.06 Å². The van der Waals surface area contributed by atoms with Crippen molar-refractivity contribution in [3.8, 4) is 0 Å². The van der Waals surface area contributed by atoms with Gasteiger partial charge in [0.25, 0.3) is 0 Å². The number of carbonyl (C=O) groups is 1. The van der Waals surface area contributed by atoms with E-state index in [-0.39, 0.29) is 18.6 Å². The van der Waals surface area contributed by atoms with Crippen molar-refractivity contribution in [3.05, 3.63) is 0 Å². The second-order valence-corrected chi connectivity index (χ2v) is 3.93. The standard InChI is InChI=1S/C9H13NO5/c11-9(13-6-3-4-12-5-6)15-10-7-1-2-8(10)14-7/h6-8H,1-5H2/t6-,7?,8?/m0/s1. The molecule has 0 aromatic rings. The molecule has 4 aliphatic heterocycles. The smallest absolute Gasteiger partial charge is 0.427 e.